The summed E-state index contributed by atoms with van der Waals surface area (Å²) in [5, 5.41) is 3.03. The van der Waals surface area contributed by atoms with Crippen LogP contribution >= 0.6 is 0 Å². The molecule has 2 fully saturated rings. The SMILES string of the molecule is O=C(CN1CCCCCC1=O)NC1CCCC1. The molecule has 4 heteroatoms. The van der Waals surface area contributed by atoms with Gasteiger partial charge in [0.05, 0.1) is 6.54 Å². The highest BCUT2D eigenvalue weighted by Crippen LogP contribution is 2.17. The van der Waals surface area contributed by atoms with Gasteiger partial charge in [0.15, 0.2) is 0 Å². The Kier molecular flexibility index (Phi) is 4.40. The van der Waals surface area contributed by atoms with E-state index in [0.29, 0.717) is 12.5 Å². The van der Waals surface area contributed by atoms with Gasteiger partial charge in [-0.1, -0.05) is 19.3 Å². The van der Waals surface area contributed by atoms with Gasteiger partial charge in [-0.3, -0.25) is 9.59 Å². The highest BCUT2D eigenvalue weighted by molar-refractivity contribution is 5.85. The van der Waals surface area contributed by atoms with E-state index in [1.54, 1.807) is 4.90 Å². The van der Waals surface area contributed by atoms with Crippen molar-refractivity contribution in [1.29, 1.82) is 0 Å². The van der Waals surface area contributed by atoms with Crippen LogP contribution in [-0.4, -0.2) is 35.8 Å². The summed E-state index contributed by atoms with van der Waals surface area (Å²) < 4.78 is 0. The topological polar surface area (TPSA) is 49.4 Å². The van der Waals surface area contributed by atoms with Crippen LogP contribution < -0.4 is 5.32 Å². The number of likely N-dealkylation sites (tertiary alicyclic amines) is 1. The Bertz CT molecular complexity index is 285. The minimum Gasteiger partial charge on any atom is -0.352 e. The summed E-state index contributed by atoms with van der Waals surface area (Å²) in [5.41, 5.74) is 0. The number of nitrogens with zero attached hydrogens (tertiary/aromatic N) is 1. The maximum absolute atomic E-state index is 11.8. The lowest BCUT2D eigenvalue weighted by molar-refractivity contribution is -0.135. The van der Waals surface area contributed by atoms with Crippen molar-refractivity contribution in [3.63, 3.8) is 0 Å². The van der Waals surface area contributed by atoms with Gasteiger partial charge in [0, 0.05) is 19.0 Å². The van der Waals surface area contributed by atoms with Crippen LogP contribution in [0.4, 0.5) is 0 Å². The van der Waals surface area contributed by atoms with Gasteiger partial charge < -0.3 is 10.2 Å². The third kappa shape index (κ3) is 3.72. The van der Waals surface area contributed by atoms with Crippen molar-refractivity contribution in [3.05, 3.63) is 0 Å². The molecule has 2 amide bonds. The molecule has 4 nitrogen and oxygen atoms in total. The van der Waals surface area contributed by atoms with E-state index in [2.05, 4.69) is 5.32 Å². The average Bonchev–Trinajstić information content (AvgIpc) is 2.71. The summed E-state index contributed by atoms with van der Waals surface area (Å²) in [6, 6.07) is 0.351. The van der Waals surface area contributed by atoms with Crippen LogP contribution in [0.2, 0.25) is 0 Å². The first-order chi connectivity index (χ1) is 8.25. The molecule has 0 aromatic heterocycles. The molecule has 0 radical (unpaired) electrons. The predicted molar refractivity (Wildman–Crippen MR) is 65.4 cm³/mol. The second-order valence-corrected chi connectivity index (χ2v) is 5.17. The largest absolute Gasteiger partial charge is 0.352 e. The molecule has 1 aliphatic carbocycles. The number of hydrogen-bond acceptors (Lipinski definition) is 2. The molecular formula is C13H22N2O2. The van der Waals surface area contributed by atoms with E-state index in [1.807, 2.05) is 0 Å². The molecule has 2 rings (SSSR count). The highest BCUT2D eigenvalue weighted by Gasteiger charge is 2.22. The molecule has 0 aromatic carbocycles. The lowest BCUT2D eigenvalue weighted by Crippen LogP contribution is -2.43. The molecule has 0 aromatic rings. The molecule has 1 aliphatic heterocycles. The van der Waals surface area contributed by atoms with Gasteiger partial charge in [0.2, 0.25) is 11.8 Å². The third-order valence-corrected chi connectivity index (χ3v) is 3.73. The fourth-order valence-corrected chi connectivity index (χ4v) is 2.72. The van der Waals surface area contributed by atoms with Crippen LogP contribution in [0.1, 0.15) is 51.4 Å². The van der Waals surface area contributed by atoms with E-state index < -0.39 is 0 Å². The molecule has 0 bridgehead atoms. The summed E-state index contributed by atoms with van der Waals surface area (Å²) in [4.78, 5) is 25.3. The van der Waals surface area contributed by atoms with E-state index in [4.69, 9.17) is 0 Å². The minimum atomic E-state index is 0.0205. The van der Waals surface area contributed by atoms with Crippen molar-refractivity contribution in [3.8, 4) is 0 Å². The first-order valence-corrected chi connectivity index (χ1v) is 6.83. The van der Waals surface area contributed by atoms with Gasteiger partial charge in [-0.05, 0) is 25.7 Å². The highest BCUT2D eigenvalue weighted by atomic mass is 16.2. The molecular weight excluding hydrogens is 216 g/mol. The van der Waals surface area contributed by atoms with Crippen LogP contribution in [0.25, 0.3) is 0 Å². The zero-order chi connectivity index (χ0) is 12.1. The number of amides is 2. The lowest BCUT2D eigenvalue weighted by Gasteiger charge is -2.21. The molecule has 1 saturated heterocycles. The second kappa shape index (κ2) is 6.03. The molecule has 0 atom stereocenters. The van der Waals surface area contributed by atoms with E-state index in [9.17, 15) is 9.59 Å². The predicted octanol–water partition coefficient (Wildman–Crippen LogP) is 1.45. The van der Waals surface area contributed by atoms with Crippen molar-refractivity contribution in [2.24, 2.45) is 0 Å². The van der Waals surface area contributed by atoms with Crippen LogP contribution in [0, 0.1) is 0 Å². The van der Waals surface area contributed by atoms with Gasteiger partial charge in [0.25, 0.3) is 0 Å². The molecule has 0 unspecified atom stereocenters. The first kappa shape index (κ1) is 12.4. The monoisotopic (exact) mass is 238 g/mol. The Morgan fingerprint density at radius 3 is 2.71 bits per heavy atom. The Hall–Kier alpha value is -1.06. The number of nitrogens with one attached hydrogen (secondary N) is 1. The summed E-state index contributed by atoms with van der Waals surface area (Å²) in [5.74, 6) is 0.163. The van der Waals surface area contributed by atoms with Gasteiger partial charge >= 0.3 is 0 Å². The second-order valence-electron chi connectivity index (χ2n) is 5.17. The summed E-state index contributed by atoms with van der Waals surface area (Å²) in [7, 11) is 0. The molecule has 1 heterocycles. The molecule has 1 saturated carbocycles. The maximum atomic E-state index is 11.8. The summed E-state index contributed by atoms with van der Waals surface area (Å²) in [6.45, 7) is 1.01. The normalized spacial score (nSPS) is 22.6. The summed E-state index contributed by atoms with van der Waals surface area (Å²) in [6.07, 6.45) is 8.34. The minimum absolute atomic E-state index is 0.0205. The fourth-order valence-electron chi connectivity index (χ4n) is 2.72. The van der Waals surface area contributed by atoms with Crippen LogP contribution in [-0.2, 0) is 9.59 Å². The first-order valence-electron chi connectivity index (χ1n) is 6.83. The average molecular weight is 238 g/mol. The van der Waals surface area contributed by atoms with Crippen LogP contribution in [0.5, 0.6) is 0 Å². The van der Waals surface area contributed by atoms with Crippen molar-refractivity contribution in [2.75, 3.05) is 13.1 Å². The molecule has 1 N–H and O–H groups in total. The van der Waals surface area contributed by atoms with E-state index >= 15 is 0 Å². The smallest absolute Gasteiger partial charge is 0.239 e. The molecule has 17 heavy (non-hydrogen) atoms. The Morgan fingerprint density at radius 2 is 1.94 bits per heavy atom. The Balaban J connectivity index is 1.77. The van der Waals surface area contributed by atoms with Crippen molar-refractivity contribution >= 4 is 11.8 Å². The number of rotatable bonds is 3. The van der Waals surface area contributed by atoms with Crippen molar-refractivity contribution in [1.82, 2.24) is 10.2 Å². The van der Waals surface area contributed by atoms with Crippen LogP contribution in [0.3, 0.4) is 0 Å². The van der Waals surface area contributed by atoms with Gasteiger partial charge in [-0.25, -0.2) is 0 Å². The number of hydrogen-bond donors (Lipinski definition) is 1. The van der Waals surface area contributed by atoms with Crippen molar-refractivity contribution in [2.45, 2.75) is 57.4 Å². The van der Waals surface area contributed by atoms with E-state index in [0.717, 1.165) is 38.6 Å². The van der Waals surface area contributed by atoms with Gasteiger partial charge in [-0.15, -0.1) is 0 Å². The maximum Gasteiger partial charge on any atom is 0.239 e. The van der Waals surface area contributed by atoms with Crippen LogP contribution in [0.15, 0.2) is 0 Å². The molecule has 2 aliphatic rings. The standard InChI is InChI=1S/C13H22N2O2/c16-12(14-11-6-3-4-7-11)10-15-9-5-1-2-8-13(15)17/h11H,1-10H2,(H,14,16). The van der Waals surface area contributed by atoms with E-state index in [-0.39, 0.29) is 18.4 Å². The number of carbonyl (C=O) groups excluding carboxylic acids is 2. The van der Waals surface area contributed by atoms with Gasteiger partial charge in [-0.2, -0.15) is 0 Å². The third-order valence-electron chi connectivity index (χ3n) is 3.73. The Morgan fingerprint density at radius 1 is 1.18 bits per heavy atom. The Labute approximate surface area is 103 Å². The molecule has 0 spiro atoms. The lowest BCUT2D eigenvalue weighted by atomic mass is 10.2. The van der Waals surface area contributed by atoms with E-state index in [1.165, 1.54) is 12.8 Å². The van der Waals surface area contributed by atoms with Gasteiger partial charge in [0.1, 0.15) is 0 Å². The fraction of sp³-hybridized carbons (Fsp3) is 0.846. The molecule has 96 valence electrons. The van der Waals surface area contributed by atoms with Crippen molar-refractivity contribution < 1.29 is 9.59 Å². The summed E-state index contributed by atoms with van der Waals surface area (Å²) >= 11 is 0. The number of carbonyl (C=O) groups is 2. The zero-order valence-electron chi connectivity index (χ0n) is 10.4. The quantitative estimate of drug-likeness (QED) is 0.809. The zero-order valence-corrected chi connectivity index (χ0v) is 10.4.